The number of allylic oxidation sites excluding steroid dienone is 1. The first-order chi connectivity index (χ1) is 18.2. The molecule has 3 unspecified atom stereocenters. The van der Waals surface area contributed by atoms with Gasteiger partial charge in [0.1, 0.15) is 11.5 Å². The van der Waals surface area contributed by atoms with Crippen molar-refractivity contribution >= 4 is 23.8 Å². The Hall–Kier alpha value is -3.75. The molecular formula is C27H24N3O4P3+2. The Morgan fingerprint density at radius 2 is 1.19 bits per heavy atom. The van der Waals surface area contributed by atoms with Gasteiger partial charge in [0.05, 0.1) is 9.03 Å². The highest BCUT2D eigenvalue weighted by Gasteiger charge is 2.49. The fourth-order valence-corrected chi connectivity index (χ4v) is 9.42. The number of benzene rings is 4. The second kappa shape index (κ2) is 12.0. The van der Waals surface area contributed by atoms with Crippen molar-refractivity contribution in [1.29, 1.82) is 0 Å². The minimum absolute atomic E-state index is 0.579. The van der Waals surface area contributed by atoms with Crippen LogP contribution in [0.3, 0.4) is 0 Å². The SMILES string of the molecule is C=CCc1ccccc1OP1(Oc2ccccc2)=N[P+](Oc2ccccc2)=N[P+](Oc2ccccc2)=N1. The fraction of sp³-hybridized carbons (Fsp3) is 0.0370. The number of hydrogen-bond acceptors (Lipinski definition) is 7. The molecule has 37 heavy (non-hydrogen) atoms. The Labute approximate surface area is 218 Å². The van der Waals surface area contributed by atoms with Crippen molar-refractivity contribution < 1.29 is 18.1 Å². The van der Waals surface area contributed by atoms with Gasteiger partial charge in [0.15, 0.2) is 11.5 Å². The summed E-state index contributed by atoms with van der Waals surface area (Å²) in [7, 11) is -6.83. The summed E-state index contributed by atoms with van der Waals surface area (Å²) in [4.78, 5) is 0. The van der Waals surface area contributed by atoms with E-state index in [1.807, 2.05) is 121 Å². The first kappa shape index (κ1) is 24.9. The zero-order valence-electron chi connectivity index (χ0n) is 19.8. The molecule has 0 aromatic heterocycles. The van der Waals surface area contributed by atoms with Gasteiger partial charge in [0, 0.05) is 0 Å². The number of rotatable bonds is 10. The molecule has 7 nitrogen and oxygen atoms in total. The van der Waals surface area contributed by atoms with E-state index in [0.717, 1.165) is 5.56 Å². The molecule has 0 spiro atoms. The van der Waals surface area contributed by atoms with Crippen LogP contribution in [0.1, 0.15) is 5.56 Å². The van der Waals surface area contributed by atoms with Crippen molar-refractivity contribution in [3.05, 3.63) is 133 Å². The molecule has 0 saturated carbocycles. The van der Waals surface area contributed by atoms with E-state index >= 15 is 0 Å². The largest absolute Gasteiger partial charge is 0.643 e. The van der Waals surface area contributed by atoms with E-state index in [0.29, 0.717) is 29.4 Å². The van der Waals surface area contributed by atoms with Gasteiger partial charge in [-0.2, -0.15) is 0 Å². The van der Waals surface area contributed by atoms with Gasteiger partial charge in [-0.05, 0) is 54.4 Å². The predicted molar refractivity (Wildman–Crippen MR) is 150 cm³/mol. The van der Waals surface area contributed by atoms with Gasteiger partial charge < -0.3 is 9.05 Å². The lowest BCUT2D eigenvalue weighted by Crippen LogP contribution is -2.02. The molecule has 0 N–H and O–H groups in total. The van der Waals surface area contributed by atoms with Gasteiger partial charge in [0.2, 0.25) is 0 Å². The Morgan fingerprint density at radius 1 is 0.649 bits per heavy atom. The molecule has 3 atom stereocenters. The lowest BCUT2D eigenvalue weighted by Gasteiger charge is -2.18. The van der Waals surface area contributed by atoms with E-state index in [-0.39, 0.29) is 0 Å². The average molecular weight is 547 g/mol. The van der Waals surface area contributed by atoms with Crippen molar-refractivity contribution in [3.63, 3.8) is 0 Å². The number of para-hydroxylation sites is 4. The van der Waals surface area contributed by atoms with Gasteiger partial charge in [-0.15, -0.1) is 6.58 Å². The van der Waals surface area contributed by atoms with Crippen molar-refractivity contribution in [3.8, 4) is 23.0 Å². The molecule has 0 aliphatic carbocycles. The summed E-state index contributed by atoms with van der Waals surface area (Å²) in [5.41, 5.74) is 0.947. The highest BCUT2D eigenvalue weighted by molar-refractivity contribution is 7.71. The molecule has 0 amide bonds. The molecule has 1 heterocycles. The van der Waals surface area contributed by atoms with Crippen molar-refractivity contribution in [2.75, 3.05) is 0 Å². The minimum Gasteiger partial charge on any atom is -0.409 e. The quantitative estimate of drug-likeness (QED) is 0.146. The minimum atomic E-state index is -3.34. The van der Waals surface area contributed by atoms with Crippen LogP contribution in [0.4, 0.5) is 0 Å². The standard InChI is InChI=1S/C27H24N3O4P3/c1-2-14-23-15-12-13-22-27(23)34-37(33-26-20-10-5-11-21-26)29-35(31-24-16-6-3-7-17-24)28-36(30-37)32-25-18-8-4-9-19-25/h2-13,15-22H,1,14H2/q+2. The third kappa shape index (κ3) is 6.72. The van der Waals surface area contributed by atoms with Gasteiger partial charge >= 0.3 is 23.8 Å². The normalized spacial score (nSPS) is 18.4. The lowest BCUT2D eigenvalue weighted by molar-refractivity contribution is 0.473. The number of nitrogens with zero attached hydrogens (tertiary/aromatic N) is 3. The molecule has 5 rings (SSSR count). The molecule has 0 saturated heterocycles. The van der Waals surface area contributed by atoms with Gasteiger partial charge in [-0.1, -0.05) is 78.9 Å². The molecule has 0 fully saturated rings. The third-order valence-electron chi connectivity index (χ3n) is 4.91. The highest BCUT2D eigenvalue weighted by atomic mass is 31.2. The summed E-state index contributed by atoms with van der Waals surface area (Å²) in [6, 6.07) is 36.0. The molecule has 4 aromatic rings. The van der Waals surface area contributed by atoms with Gasteiger partial charge in [-0.25, -0.2) is 9.05 Å². The first-order valence-electron chi connectivity index (χ1n) is 11.5. The summed E-state index contributed by atoms with van der Waals surface area (Å²) >= 11 is 0. The van der Waals surface area contributed by atoms with Gasteiger partial charge in [-0.3, -0.25) is 0 Å². The zero-order chi connectivity index (χ0) is 25.3. The maximum absolute atomic E-state index is 6.59. The Morgan fingerprint density at radius 3 is 1.81 bits per heavy atom. The Kier molecular flexibility index (Phi) is 8.08. The van der Waals surface area contributed by atoms with Crippen LogP contribution in [-0.4, -0.2) is 0 Å². The van der Waals surface area contributed by atoms with Crippen LogP contribution < -0.4 is 18.1 Å². The maximum Gasteiger partial charge on any atom is 0.643 e. The summed E-state index contributed by atoms with van der Waals surface area (Å²) in [5.74, 6) is 2.48. The van der Waals surface area contributed by atoms with Crippen molar-refractivity contribution in [1.82, 2.24) is 0 Å². The molecule has 1 aliphatic heterocycles. The first-order valence-corrected chi connectivity index (χ1v) is 15.3. The second-order valence-electron chi connectivity index (χ2n) is 7.67. The van der Waals surface area contributed by atoms with E-state index in [4.69, 9.17) is 31.6 Å². The van der Waals surface area contributed by atoms with E-state index in [1.165, 1.54) is 0 Å². The summed E-state index contributed by atoms with van der Waals surface area (Å²) in [6.45, 7) is 3.87. The molecule has 10 heteroatoms. The smallest absolute Gasteiger partial charge is 0.409 e. The lowest BCUT2D eigenvalue weighted by atomic mass is 10.1. The maximum atomic E-state index is 6.59. The van der Waals surface area contributed by atoms with Crippen molar-refractivity contribution in [2.24, 2.45) is 13.5 Å². The van der Waals surface area contributed by atoms with Crippen LogP contribution >= 0.6 is 23.8 Å². The molecule has 0 bridgehead atoms. The summed E-state index contributed by atoms with van der Waals surface area (Å²) in [5, 5.41) is 0. The van der Waals surface area contributed by atoms with Crippen LogP contribution in [0.25, 0.3) is 0 Å². The van der Waals surface area contributed by atoms with E-state index in [9.17, 15) is 0 Å². The molecule has 4 aromatic carbocycles. The highest BCUT2D eigenvalue weighted by Crippen LogP contribution is 2.66. The van der Waals surface area contributed by atoms with Crippen LogP contribution in [0.5, 0.6) is 23.0 Å². The summed E-state index contributed by atoms with van der Waals surface area (Å²) in [6.07, 6.45) is 2.45. The second-order valence-corrected chi connectivity index (χ2v) is 12.5. The number of hydrogen-bond donors (Lipinski definition) is 0. The van der Waals surface area contributed by atoms with Crippen LogP contribution in [0, 0.1) is 0 Å². The summed E-state index contributed by atoms with van der Waals surface area (Å²) < 4.78 is 39.9. The molecular weight excluding hydrogens is 523 g/mol. The van der Waals surface area contributed by atoms with E-state index in [1.54, 1.807) is 0 Å². The Balaban J connectivity index is 1.62. The average Bonchev–Trinajstić information content (AvgIpc) is 2.91. The van der Waals surface area contributed by atoms with E-state index in [2.05, 4.69) is 6.58 Å². The van der Waals surface area contributed by atoms with Crippen LogP contribution in [0.2, 0.25) is 0 Å². The molecule has 1 aliphatic rings. The van der Waals surface area contributed by atoms with E-state index < -0.39 is 23.8 Å². The monoisotopic (exact) mass is 547 g/mol. The Bertz CT molecular complexity index is 1440. The molecule has 184 valence electrons. The molecule has 0 radical (unpaired) electrons. The fourth-order valence-electron chi connectivity index (χ4n) is 3.29. The van der Waals surface area contributed by atoms with Crippen LogP contribution in [-0.2, 0) is 6.42 Å². The predicted octanol–water partition coefficient (Wildman–Crippen LogP) is 9.98. The van der Waals surface area contributed by atoms with Crippen molar-refractivity contribution in [2.45, 2.75) is 6.42 Å². The van der Waals surface area contributed by atoms with Crippen LogP contribution in [0.15, 0.2) is 141 Å². The third-order valence-corrected chi connectivity index (χ3v) is 10.8. The zero-order valence-corrected chi connectivity index (χ0v) is 22.5. The topological polar surface area (TPSA) is 74.0 Å². The van der Waals surface area contributed by atoms with Gasteiger partial charge in [0.25, 0.3) is 4.52 Å².